The molecular formula is C64H51N3O8. The van der Waals surface area contributed by atoms with Crippen LogP contribution in [0.2, 0.25) is 0 Å². The van der Waals surface area contributed by atoms with Crippen LogP contribution < -0.4 is 24.8 Å². The van der Waals surface area contributed by atoms with Crippen LogP contribution in [0.15, 0.2) is 182 Å². The zero-order chi connectivity index (χ0) is 52.4. The first-order valence-electron chi connectivity index (χ1n) is 24.6. The van der Waals surface area contributed by atoms with Gasteiger partial charge in [0, 0.05) is 22.1 Å². The van der Waals surface area contributed by atoms with Gasteiger partial charge in [-0.05, 0) is 152 Å². The van der Waals surface area contributed by atoms with Crippen LogP contribution in [-0.2, 0) is 22.4 Å². The van der Waals surface area contributed by atoms with Crippen LogP contribution in [0.3, 0.4) is 0 Å². The van der Waals surface area contributed by atoms with Gasteiger partial charge in [-0.1, -0.05) is 111 Å². The Kier molecular flexibility index (Phi) is 13.3. The first-order valence-corrected chi connectivity index (χ1v) is 24.6. The zero-order valence-corrected chi connectivity index (χ0v) is 42.0. The number of hydroxylamine groups is 1. The van der Waals surface area contributed by atoms with E-state index in [-0.39, 0.29) is 34.8 Å². The van der Waals surface area contributed by atoms with Gasteiger partial charge in [0.1, 0.15) is 29.6 Å². The molecule has 0 bridgehead atoms. The Morgan fingerprint density at radius 2 is 1.23 bits per heavy atom. The average Bonchev–Trinajstić information content (AvgIpc) is 3.71. The Labute approximate surface area is 435 Å². The number of imide groups is 1. The number of carbonyl (C=O) groups excluding carboxylic acids is 5. The quantitative estimate of drug-likeness (QED) is 0.0686. The number of hydrogen-bond donors (Lipinski definition) is 1. The van der Waals surface area contributed by atoms with Crippen molar-refractivity contribution >= 4 is 41.3 Å². The molecule has 0 saturated heterocycles. The fourth-order valence-corrected chi connectivity index (χ4v) is 9.23. The highest BCUT2D eigenvalue weighted by Gasteiger charge is 2.38. The van der Waals surface area contributed by atoms with Gasteiger partial charge >= 0.3 is 0 Å². The third-order valence-corrected chi connectivity index (χ3v) is 14.0. The van der Waals surface area contributed by atoms with E-state index in [2.05, 4.69) is 31.0 Å². The highest BCUT2D eigenvalue weighted by atomic mass is 16.7. The predicted octanol–water partition coefficient (Wildman–Crippen LogP) is 13.1. The number of hydrogen-bond acceptors (Lipinski definition) is 8. The van der Waals surface area contributed by atoms with E-state index in [1.165, 1.54) is 11.1 Å². The molecule has 4 amide bonds. The maximum Gasteiger partial charge on any atom is 0.282 e. The summed E-state index contributed by atoms with van der Waals surface area (Å²) in [5, 5.41) is 4.44. The summed E-state index contributed by atoms with van der Waals surface area (Å²) in [5.41, 5.74) is 7.11. The number of ether oxygens (including phenoxy) is 2. The molecule has 0 saturated carbocycles. The Morgan fingerprint density at radius 1 is 0.600 bits per heavy atom. The summed E-state index contributed by atoms with van der Waals surface area (Å²) in [5.74, 6) is 6.61. The number of rotatable bonds is 13. The van der Waals surface area contributed by atoms with E-state index in [0.717, 1.165) is 32.7 Å². The van der Waals surface area contributed by atoms with Crippen LogP contribution in [0.4, 0.5) is 11.4 Å². The number of amides is 4. The molecule has 0 aromatic heterocycles. The maximum absolute atomic E-state index is 14.0. The van der Waals surface area contributed by atoms with Crippen LogP contribution in [0.1, 0.15) is 125 Å². The lowest BCUT2D eigenvalue weighted by Gasteiger charge is -2.31. The molecule has 75 heavy (non-hydrogen) atoms. The standard InChI is InChI=1S/C64H51N3O8/c1-6-64(5,48-13-10-14-50(37-48)66-60(70)56-33-19-43(35-58(56)61(66)71)18-17-42-11-8-7-9-12-42)65-59(69)55-34-32-53(36-45(55)39-68)74-51-28-21-46(22-29-51)63(3,4)47-23-30-52(31-24-47)75-54-27-20-44-40-73-67(62(72)57(44)38-54)49-25-15-41(2)16-26-49/h7-16,19-39H,6,40H2,1-5H3,(H,65,69). The lowest BCUT2D eigenvalue weighted by molar-refractivity contribution is 0.0529. The van der Waals surface area contributed by atoms with Gasteiger partial charge in [0.25, 0.3) is 23.6 Å². The lowest BCUT2D eigenvalue weighted by atomic mass is 9.78. The topological polar surface area (TPSA) is 132 Å². The number of carbonyl (C=O) groups is 5. The number of nitrogens with one attached hydrogen (secondary N) is 1. The van der Waals surface area contributed by atoms with Crippen LogP contribution in [0.5, 0.6) is 23.0 Å². The summed E-state index contributed by atoms with van der Waals surface area (Å²) in [6.45, 7) is 10.3. The Balaban J connectivity index is 0.777. The van der Waals surface area contributed by atoms with Gasteiger partial charge in [0.05, 0.1) is 39.2 Å². The largest absolute Gasteiger partial charge is 0.457 e. The molecule has 2 aliphatic rings. The fraction of sp³-hybridized carbons (Fsp3) is 0.141. The summed E-state index contributed by atoms with van der Waals surface area (Å²) >= 11 is 0. The summed E-state index contributed by atoms with van der Waals surface area (Å²) in [6.07, 6.45) is 1.07. The molecule has 2 aliphatic heterocycles. The number of anilines is 2. The number of aryl methyl sites for hydroxylation is 1. The molecule has 10 rings (SSSR count). The molecule has 11 nitrogen and oxygen atoms in total. The molecule has 2 heterocycles. The average molecular weight is 990 g/mol. The van der Waals surface area contributed by atoms with E-state index >= 15 is 0 Å². The van der Waals surface area contributed by atoms with Gasteiger partial charge in [-0.3, -0.25) is 28.8 Å². The lowest BCUT2D eigenvalue weighted by Crippen LogP contribution is -2.43. The second-order valence-electron chi connectivity index (χ2n) is 19.3. The molecule has 8 aromatic rings. The molecule has 1 atom stereocenters. The van der Waals surface area contributed by atoms with Crippen molar-refractivity contribution in [1.82, 2.24) is 5.32 Å². The van der Waals surface area contributed by atoms with Crippen molar-refractivity contribution in [3.8, 4) is 34.8 Å². The van der Waals surface area contributed by atoms with Crippen molar-refractivity contribution in [2.24, 2.45) is 0 Å². The van der Waals surface area contributed by atoms with Crippen LogP contribution >= 0.6 is 0 Å². The normalized spacial score (nSPS) is 13.7. The minimum atomic E-state index is -0.959. The number of benzene rings is 8. The highest BCUT2D eigenvalue weighted by Crippen LogP contribution is 2.37. The van der Waals surface area contributed by atoms with E-state index in [0.29, 0.717) is 63.8 Å². The Hall–Kier alpha value is -9.37. The number of fused-ring (bicyclic) bond motifs is 2. The second-order valence-corrected chi connectivity index (χ2v) is 19.3. The van der Waals surface area contributed by atoms with Gasteiger partial charge in [-0.2, -0.15) is 5.06 Å². The summed E-state index contributed by atoms with van der Waals surface area (Å²) in [7, 11) is 0. The molecule has 370 valence electrons. The van der Waals surface area contributed by atoms with E-state index in [1.807, 2.05) is 142 Å². The highest BCUT2D eigenvalue weighted by molar-refractivity contribution is 6.34. The van der Waals surface area contributed by atoms with Crippen molar-refractivity contribution < 1.29 is 38.3 Å². The monoisotopic (exact) mass is 989 g/mol. The van der Waals surface area contributed by atoms with Crippen molar-refractivity contribution in [2.45, 2.75) is 58.6 Å². The molecule has 0 aliphatic carbocycles. The minimum absolute atomic E-state index is 0.140. The van der Waals surface area contributed by atoms with Gasteiger partial charge in [-0.25, -0.2) is 4.90 Å². The van der Waals surface area contributed by atoms with Gasteiger partial charge < -0.3 is 14.8 Å². The van der Waals surface area contributed by atoms with Crippen molar-refractivity contribution in [3.05, 3.63) is 249 Å². The third-order valence-electron chi connectivity index (χ3n) is 14.0. The summed E-state index contributed by atoms with van der Waals surface area (Å²) < 4.78 is 12.4. The SMILES string of the molecule is CCC(C)(NC(=O)c1ccc(Oc2ccc(C(C)(C)c3ccc(Oc4ccc5c(c4)C(=O)N(c4ccc(C)cc4)OC5)cc3)cc2)cc1C=O)c1cccc(N2C(=O)c3ccc(C#Cc4ccccc4)cc3C2=O)c1. The van der Waals surface area contributed by atoms with Gasteiger partial charge in [0.2, 0.25) is 0 Å². The van der Waals surface area contributed by atoms with E-state index in [1.54, 1.807) is 54.6 Å². The van der Waals surface area contributed by atoms with Crippen molar-refractivity contribution in [3.63, 3.8) is 0 Å². The molecule has 8 aromatic carbocycles. The fourth-order valence-electron chi connectivity index (χ4n) is 9.23. The second kappa shape index (κ2) is 20.3. The van der Waals surface area contributed by atoms with E-state index < -0.39 is 28.7 Å². The Bertz CT molecular complexity index is 3610. The van der Waals surface area contributed by atoms with Gasteiger partial charge in [0.15, 0.2) is 6.29 Å². The zero-order valence-electron chi connectivity index (χ0n) is 42.0. The smallest absolute Gasteiger partial charge is 0.282 e. The molecule has 1 unspecified atom stereocenters. The predicted molar refractivity (Wildman–Crippen MR) is 288 cm³/mol. The molecule has 0 spiro atoms. The van der Waals surface area contributed by atoms with Crippen LogP contribution in [0.25, 0.3) is 0 Å². The number of nitrogens with zero attached hydrogens (tertiary/aromatic N) is 2. The van der Waals surface area contributed by atoms with Gasteiger partial charge in [-0.15, -0.1) is 0 Å². The number of aldehydes is 1. The first kappa shape index (κ1) is 49.2. The molecular weight excluding hydrogens is 939 g/mol. The third kappa shape index (κ3) is 9.95. The molecule has 11 heteroatoms. The minimum Gasteiger partial charge on any atom is -0.457 e. The van der Waals surface area contributed by atoms with Crippen LogP contribution in [0, 0.1) is 18.8 Å². The molecule has 1 N–H and O–H groups in total. The van der Waals surface area contributed by atoms with E-state index in [4.69, 9.17) is 14.3 Å². The molecule has 0 radical (unpaired) electrons. The van der Waals surface area contributed by atoms with E-state index in [9.17, 15) is 24.0 Å². The van der Waals surface area contributed by atoms with Crippen LogP contribution in [-0.4, -0.2) is 29.9 Å². The summed E-state index contributed by atoms with van der Waals surface area (Å²) in [4.78, 5) is 74.4. The van der Waals surface area contributed by atoms with Crippen molar-refractivity contribution in [1.29, 1.82) is 0 Å². The summed E-state index contributed by atoms with van der Waals surface area (Å²) in [6, 6.07) is 54.8. The van der Waals surface area contributed by atoms with Crippen molar-refractivity contribution in [2.75, 3.05) is 9.96 Å². The Morgan fingerprint density at radius 3 is 1.89 bits per heavy atom. The molecule has 0 fully saturated rings. The first-order chi connectivity index (χ1) is 36.2. The maximum atomic E-state index is 14.0.